The number of carbonyl (C=O) groups is 2. The molecule has 5 rings (SSSR count). The Morgan fingerprint density at radius 2 is 1.94 bits per heavy atom. The summed E-state index contributed by atoms with van der Waals surface area (Å²) >= 11 is 1.82. The molecule has 2 amide bonds. The molecule has 1 fully saturated rings. The van der Waals surface area contributed by atoms with Gasteiger partial charge in [0.2, 0.25) is 5.91 Å². The highest BCUT2D eigenvalue weighted by molar-refractivity contribution is 7.10. The summed E-state index contributed by atoms with van der Waals surface area (Å²) in [4.78, 5) is 35.7. The number of thiophene rings is 1. The van der Waals surface area contributed by atoms with Crippen LogP contribution in [0.5, 0.6) is 0 Å². The smallest absolute Gasteiger partial charge is 0.254 e. The summed E-state index contributed by atoms with van der Waals surface area (Å²) in [5.74, 6) is 0.665. The third-order valence-electron chi connectivity index (χ3n) is 5.98. The molecular weight excluding hydrogens is 408 g/mol. The second-order valence-corrected chi connectivity index (χ2v) is 8.96. The first-order chi connectivity index (χ1) is 15.2. The Labute approximate surface area is 185 Å². The first kappa shape index (κ1) is 19.8. The number of benzene rings is 1. The van der Waals surface area contributed by atoms with Crippen molar-refractivity contribution in [3.8, 4) is 0 Å². The summed E-state index contributed by atoms with van der Waals surface area (Å²) in [6, 6.07) is 14.7. The van der Waals surface area contributed by atoms with E-state index in [4.69, 9.17) is 0 Å². The predicted octanol–water partition coefficient (Wildman–Crippen LogP) is 3.95. The minimum absolute atomic E-state index is 0.0929. The maximum atomic E-state index is 12.9. The van der Waals surface area contributed by atoms with Crippen LogP contribution in [0.2, 0.25) is 0 Å². The van der Waals surface area contributed by atoms with Gasteiger partial charge in [-0.05, 0) is 60.5 Å². The Hall–Kier alpha value is -3.19. The molecule has 0 bridgehead atoms. The molecule has 0 saturated carbocycles. The summed E-state index contributed by atoms with van der Waals surface area (Å²) in [7, 11) is 0. The van der Waals surface area contributed by atoms with E-state index < -0.39 is 6.04 Å². The van der Waals surface area contributed by atoms with Crippen LogP contribution in [0, 0.1) is 0 Å². The average Bonchev–Trinajstić information content (AvgIpc) is 3.49. The van der Waals surface area contributed by atoms with Gasteiger partial charge in [0.1, 0.15) is 11.9 Å². The van der Waals surface area contributed by atoms with Gasteiger partial charge in [0.05, 0.1) is 11.9 Å². The van der Waals surface area contributed by atoms with Crippen LogP contribution in [0.25, 0.3) is 0 Å². The number of hydrogen-bond acceptors (Lipinski definition) is 5. The fourth-order valence-electron chi connectivity index (χ4n) is 4.35. The van der Waals surface area contributed by atoms with Gasteiger partial charge in [-0.15, -0.1) is 11.3 Å². The molecule has 1 atom stereocenters. The Kier molecular flexibility index (Phi) is 5.42. The normalized spacial score (nSPS) is 18.0. The van der Waals surface area contributed by atoms with Crippen molar-refractivity contribution in [2.24, 2.45) is 0 Å². The van der Waals surface area contributed by atoms with Crippen LogP contribution in [0.15, 0.2) is 60.1 Å². The Morgan fingerprint density at radius 3 is 2.74 bits per heavy atom. The number of hydrogen-bond donors (Lipinski definition) is 1. The Bertz CT molecular complexity index is 1080. The van der Waals surface area contributed by atoms with Gasteiger partial charge in [-0.2, -0.15) is 0 Å². The summed E-state index contributed by atoms with van der Waals surface area (Å²) in [6.45, 7) is 2.42. The third-order valence-corrected chi connectivity index (χ3v) is 7.01. The molecule has 0 aliphatic carbocycles. The van der Waals surface area contributed by atoms with Gasteiger partial charge in [0, 0.05) is 30.1 Å². The van der Waals surface area contributed by atoms with Crippen molar-refractivity contribution < 1.29 is 9.59 Å². The van der Waals surface area contributed by atoms with Crippen molar-refractivity contribution in [1.82, 2.24) is 9.88 Å². The molecule has 7 heteroatoms. The van der Waals surface area contributed by atoms with Crippen LogP contribution in [0.4, 0.5) is 11.5 Å². The van der Waals surface area contributed by atoms with E-state index in [1.807, 2.05) is 41.7 Å². The first-order valence-corrected chi connectivity index (χ1v) is 11.5. The van der Waals surface area contributed by atoms with Crippen molar-refractivity contribution in [2.75, 3.05) is 23.3 Å². The van der Waals surface area contributed by atoms with Gasteiger partial charge in [0.15, 0.2) is 0 Å². The number of nitrogens with zero attached hydrogens (tertiary/aromatic N) is 3. The van der Waals surface area contributed by atoms with Gasteiger partial charge in [-0.25, -0.2) is 4.98 Å². The van der Waals surface area contributed by atoms with Crippen LogP contribution in [0.1, 0.15) is 33.6 Å². The second kappa shape index (κ2) is 8.51. The largest absolute Gasteiger partial charge is 0.352 e. The highest BCUT2D eigenvalue weighted by atomic mass is 32.1. The monoisotopic (exact) mass is 432 g/mol. The zero-order chi connectivity index (χ0) is 21.2. The van der Waals surface area contributed by atoms with E-state index in [9.17, 15) is 9.59 Å². The number of nitrogens with one attached hydrogen (secondary N) is 1. The molecule has 0 spiro atoms. The lowest BCUT2D eigenvalue weighted by atomic mass is 10.1. The number of anilines is 2. The van der Waals surface area contributed by atoms with E-state index in [0.717, 1.165) is 31.7 Å². The van der Waals surface area contributed by atoms with Crippen molar-refractivity contribution in [3.63, 3.8) is 0 Å². The number of amides is 2. The zero-order valence-corrected chi connectivity index (χ0v) is 18.0. The minimum Gasteiger partial charge on any atom is -0.352 e. The lowest BCUT2D eigenvalue weighted by molar-refractivity contribution is -0.119. The van der Waals surface area contributed by atoms with E-state index in [0.29, 0.717) is 24.2 Å². The maximum absolute atomic E-state index is 12.9. The fourth-order valence-corrected chi connectivity index (χ4v) is 5.24. The number of likely N-dealkylation sites (tertiary alicyclic amines) is 1. The highest BCUT2D eigenvalue weighted by Gasteiger charge is 2.34. The molecule has 1 saturated heterocycles. The van der Waals surface area contributed by atoms with Gasteiger partial charge < -0.3 is 15.1 Å². The fraction of sp³-hybridized carbons (Fsp3) is 0.292. The average molecular weight is 433 g/mol. The molecule has 2 aromatic heterocycles. The predicted molar refractivity (Wildman–Crippen MR) is 122 cm³/mol. The topological polar surface area (TPSA) is 65.5 Å². The molecule has 158 valence electrons. The summed E-state index contributed by atoms with van der Waals surface area (Å²) < 4.78 is 0. The molecule has 1 N–H and O–H groups in total. The van der Waals surface area contributed by atoms with Gasteiger partial charge >= 0.3 is 0 Å². The highest BCUT2D eigenvalue weighted by Crippen LogP contribution is 2.27. The number of carbonyl (C=O) groups excluding carboxylic acids is 2. The van der Waals surface area contributed by atoms with E-state index in [2.05, 4.69) is 26.6 Å². The van der Waals surface area contributed by atoms with Crippen LogP contribution in [0.3, 0.4) is 0 Å². The summed E-state index contributed by atoms with van der Waals surface area (Å²) in [6.07, 6.45) is 4.24. The van der Waals surface area contributed by atoms with Crippen molar-refractivity contribution in [2.45, 2.75) is 31.8 Å². The molecule has 31 heavy (non-hydrogen) atoms. The molecule has 6 nitrogen and oxygen atoms in total. The number of fused-ring (bicyclic) bond motifs is 1. The molecule has 1 aromatic carbocycles. The molecule has 0 radical (unpaired) electrons. The minimum atomic E-state index is -0.452. The Morgan fingerprint density at radius 1 is 1.06 bits per heavy atom. The van der Waals surface area contributed by atoms with E-state index in [1.54, 1.807) is 23.2 Å². The second-order valence-electron chi connectivity index (χ2n) is 7.96. The van der Waals surface area contributed by atoms with Crippen molar-refractivity contribution in [1.29, 1.82) is 0 Å². The molecule has 1 unspecified atom stereocenters. The molecule has 2 aliphatic heterocycles. The first-order valence-electron chi connectivity index (χ1n) is 10.6. The number of pyridine rings is 1. The van der Waals surface area contributed by atoms with Crippen LogP contribution < -0.4 is 10.2 Å². The van der Waals surface area contributed by atoms with E-state index in [1.165, 1.54) is 10.4 Å². The van der Waals surface area contributed by atoms with E-state index in [-0.39, 0.29) is 11.8 Å². The third kappa shape index (κ3) is 4.05. The molecular formula is C24H24N4O2S. The van der Waals surface area contributed by atoms with Gasteiger partial charge in [0.25, 0.3) is 5.91 Å². The molecule has 4 heterocycles. The lowest BCUT2D eigenvalue weighted by Gasteiger charge is -2.28. The molecule has 2 aliphatic rings. The van der Waals surface area contributed by atoms with E-state index >= 15 is 0 Å². The standard InChI is InChI=1S/C24H24N4O2S/c29-23(20-7-4-12-28(20)24(30)17-5-2-1-3-6-17)26-19-8-9-22(25-15-19)27-13-10-21-18(16-27)11-14-31-21/h1-3,5-6,8-9,11,14-15,20H,4,7,10,12-13,16H2,(H,26,29). The SMILES string of the molecule is O=C(Nc1ccc(N2CCc3sccc3C2)nc1)C1CCCN1C(=O)c1ccccc1. The summed E-state index contributed by atoms with van der Waals surface area (Å²) in [5.41, 5.74) is 2.64. The number of aromatic nitrogens is 1. The zero-order valence-electron chi connectivity index (χ0n) is 17.2. The maximum Gasteiger partial charge on any atom is 0.254 e. The van der Waals surface area contributed by atoms with Gasteiger partial charge in [-0.3, -0.25) is 9.59 Å². The van der Waals surface area contributed by atoms with Crippen LogP contribution >= 0.6 is 11.3 Å². The Balaban J connectivity index is 1.24. The van der Waals surface area contributed by atoms with Crippen LogP contribution in [-0.4, -0.2) is 40.8 Å². The summed E-state index contributed by atoms with van der Waals surface area (Å²) in [5, 5.41) is 5.10. The van der Waals surface area contributed by atoms with Gasteiger partial charge in [-0.1, -0.05) is 18.2 Å². The molecule has 3 aromatic rings. The van der Waals surface area contributed by atoms with Crippen molar-refractivity contribution >= 4 is 34.7 Å². The number of rotatable bonds is 4. The van der Waals surface area contributed by atoms with Crippen molar-refractivity contribution in [3.05, 3.63) is 76.1 Å². The lowest BCUT2D eigenvalue weighted by Crippen LogP contribution is -2.43. The quantitative estimate of drug-likeness (QED) is 0.678. The van der Waals surface area contributed by atoms with Crippen LogP contribution in [-0.2, 0) is 17.8 Å².